The lowest BCUT2D eigenvalue weighted by molar-refractivity contribution is -0.139. The first-order valence-electron chi connectivity index (χ1n) is 5.01. The molecular weight excluding hydrogens is 269 g/mol. The Hall–Kier alpha value is -2.18. The molecule has 19 heavy (non-hydrogen) atoms. The molecule has 2 aromatic rings. The second-order valence-corrected chi connectivity index (χ2v) is 3.69. The Bertz CT molecular complexity index is 624. The van der Waals surface area contributed by atoms with E-state index in [4.69, 9.17) is 5.11 Å². The van der Waals surface area contributed by atoms with Gasteiger partial charge in [0.2, 0.25) is 0 Å². The van der Waals surface area contributed by atoms with Gasteiger partial charge in [0.25, 0.3) is 0 Å². The van der Waals surface area contributed by atoms with E-state index in [0.29, 0.717) is 12.1 Å². The third-order valence-electron chi connectivity index (χ3n) is 2.39. The van der Waals surface area contributed by atoms with Crippen molar-refractivity contribution in [3.8, 4) is 17.0 Å². The summed E-state index contributed by atoms with van der Waals surface area (Å²) in [4.78, 5) is 3.40. The van der Waals surface area contributed by atoms with E-state index in [-0.39, 0.29) is 0 Å². The zero-order valence-electron chi connectivity index (χ0n) is 9.17. The summed E-state index contributed by atoms with van der Waals surface area (Å²) in [7, 11) is 0. The van der Waals surface area contributed by atoms with Crippen molar-refractivity contribution in [3.63, 3.8) is 0 Å². The molecule has 2 nitrogen and oxygen atoms in total. The molecule has 2 rings (SSSR count). The molecule has 0 aliphatic heterocycles. The van der Waals surface area contributed by atoms with E-state index >= 15 is 0 Å². The Labute approximate surface area is 104 Å². The normalized spacial score (nSPS) is 11.6. The van der Waals surface area contributed by atoms with Gasteiger partial charge in [0.05, 0.1) is 11.8 Å². The van der Waals surface area contributed by atoms with Gasteiger partial charge in [0.1, 0.15) is 17.3 Å². The molecule has 0 aliphatic rings. The molecule has 1 heterocycles. The van der Waals surface area contributed by atoms with Gasteiger partial charge in [-0.2, -0.15) is 13.2 Å². The summed E-state index contributed by atoms with van der Waals surface area (Å²) in [5.74, 6) is -3.22. The highest BCUT2D eigenvalue weighted by molar-refractivity contribution is 5.62. The average Bonchev–Trinajstić information content (AvgIpc) is 2.28. The average molecular weight is 275 g/mol. The molecule has 7 heteroatoms. The number of benzene rings is 1. The minimum Gasteiger partial charge on any atom is -0.506 e. The molecule has 0 saturated carbocycles. The number of hydrogen-bond donors (Lipinski definition) is 1. The molecule has 1 aromatic heterocycles. The van der Waals surface area contributed by atoms with Crippen molar-refractivity contribution in [2.45, 2.75) is 6.18 Å². The fourth-order valence-electron chi connectivity index (χ4n) is 1.56. The molecule has 1 aromatic carbocycles. The zero-order valence-corrected chi connectivity index (χ0v) is 9.17. The Morgan fingerprint density at radius 1 is 1.11 bits per heavy atom. The van der Waals surface area contributed by atoms with Crippen molar-refractivity contribution in [1.82, 2.24) is 4.98 Å². The number of halogens is 5. The summed E-state index contributed by atoms with van der Waals surface area (Å²) in [6.07, 6.45) is -4.06. The maximum Gasteiger partial charge on any atom is 0.419 e. The molecular formula is C12H6F5NO. The highest BCUT2D eigenvalue weighted by Crippen LogP contribution is 2.35. The van der Waals surface area contributed by atoms with Crippen LogP contribution in [0.5, 0.6) is 5.75 Å². The molecule has 0 aliphatic carbocycles. The monoisotopic (exact) mass is 275 g/mol. The molecule has 0 radical (unpaired) electrons. The van der Waals surface area contributed by atoms with Crippen LogP contribution in [0.3, 0.4) is 0 Å². The van der Waals surface area contributed by atoms with Crippen molar-refractivity contribution < 1.29 is 27.1 Å². The highest BCUT2D eigenvalue weighted by Gasteiger charge is 2.35. The fourth-order valence-corrected chi connectivity index (χ4v) is 1.56. The van der Waals surface area contributed by atoms with Gasteiger partial charge in [0.15, 0.2) is 5.82 Å². The van der Waals surface area contributed by atoms with E-state index in [0.717, 1.165) is 18.3 Å². The number of nitrogens with zero attached hydrogens (tertiary/aromatic N) is 1. The first-order valence-corrected chi connectivity index (χ1v) is 5.01. The van der Waals surface area contributed by atoms with Gasteiger partial charge in [-0.3, -0.25) is 0 Å². The largest absolute Gasteiger partial charge is 0.506 e. The predicted molar refractivity (Wildman–Crippen MR) is 56.3 cm³/mol. The molecule has 1 N–H and O–H groups in total. The molecule has 0 amide bonds. The van der Waals surface area contributed by atoms with Crippen LogP contribution < -0.4 is 0 Å². The molecule has 0 unspecified atom stereocenters. The van der Waals surface area contributed by atoms with Gasteiger partial charge in [-0.1, -0.05) is 6.07 Å². The van der Waals surface area contributed by atoms with Crippen molar-refractivity contribution >= 4 is 0 Å². The van der Waals surface area contributed by atoms with Crippen molar-refractivity contribution in [2.24, 2.45) is 0 Å². The van der Waals surface area contributed by atoms with E-state index in [1.807, 2.05) is 0 Å². The fraction of sp³-hybridized carbons (Fsp3) is 0.0833. The third-order valence-corrected chi connectivity index (χ3v) is 2.39. The Kier molecular flexibility index (Phi) is 3.13. The van der Waals surface area contributed by atoms with E-state index in [1.54, 1.807) is 0 Å². The Morgan fingerprint density at radius 2 is 1.79 bits per heavy atom. The van der Waals surface area contributed by atoms with E-state index < -0.39 is 40.4 Å². The third kappa shape index (κ3) is 2.49. The van der Waals surface area contributed by atoms with Gasteiger partial charge in [0, 0.05) is 11.6 Å². The standard InChI is InChI=1S/C12H6F5NO/c13-9-4-6(19)5-18-11(9)7-2-1-3-8(10(7)14)12(15,16)17/h1-5,19H. The summed E-state index contributed by atoms with van der Waals surface area (Å²) in [5.41, 5.74) is -2.71. The number of aromatic nitrogens is 1. The second kappa shape index (κ2) is 4.49. The first-order chi connectivity index (χ1) is 8.80. The number of rotatable bonds is 1. The minimum atomic E-state index is -4.88. The van der Waals surface area contributed by atoms with E-state index in [9.17, 15) is 22.0 Å². The van der Waals surface area contributed by atoms with Gasteiger partial charge in [-0.25, -0.2) is 13.8 Å². The van der Waals surface area contributed by atoms with Crippen LogP contribution in [-0.4, -0.2) is 10.1 Å². The van der Waals surface area contributed by atoms with Gasteiger partial charge in [-0.15, -0.1) is 0 Å². The minimum absolute atomic E-state index is 0.506. The molecule has 0 atom stereocenters. The lowest BCUT2D eigenvalue weighted by Crippen LogP contribution is -2.09. The number of alkyl halides is 3. The second-order valence-electron chi connectivity index (χ2n) is 3.69. The molecule has 0 spiro atoms. The SMILES string of the molecule is Oc1cnc(-c2cccc(C(F)(F)F)c2F)c(F)c1. The smallest absolute Gasteiger partial charge is 0.419 e. The molecule has 0 bridgehead atoms. The van der Waals surface area contributed by atoms with Crippen LogP contribution in [0.25, 0.3) is 11.3 Å². The number of pyridine rings is 1. The maximum atomic E-state index is 13.7. The van der Waals surface area contributed by atoms with Crippen LogP contribution in [0.4, 0.5) is 22.0 Å². The maximum absolute atomic E-state index is 13.7. The van der Waals surface area contributed by atoms with E-state index in [2.05, 4.69) is 4.98 Å². The van der Waals surface area contributed by atoms with Crippen molar-refractivity contribution in [2.75, 3.05) is 0 Å². The van der Waals surface area contributed by atoms with Crippen molar-refractivity contribution in [3.05, 3.63) is 47.7 Å². The Balaban J connectivity index is 2.64. The first kappa shape index (κ1) is 13.3. The molecule has 100 valence electrons. The van der Waals surface area contributed by atoms with Crippen LogP contribution in [0.1, 0.15) is 5.56 Å². The summed E-state index contributed by atoms with van der Waals surface area (Å²) >= 11 is 0. The Morgan fingerprint density at radius 3 is 2.37 bits per heavy atom. The number of aromatic hydroxyl groups is 1. The van der Waals surface area contributed by atoms with Gasteiger partial charge < -0.3 is 5.11 Å². The lowest BCUT2D eigenvalue weighted by Gasteiger charge is -2.11. The van der Waals surface area contributed by atoms with Crippen LogP contribution >= 0.6 is 0 Å². The van der Waals surface area contributed by atoms with Gasteiger partial charge in [-0.05, 0) is 12.1 Å². The summed E-state index contributed by atoms with van der Waals surface area (Å²) in [5, 5.41) is 8.96. The highest BCUT2D eigenvalue weighted by atomic mass is 19.4. The summed E-state index contributed by atoms with van der Waals surface area (Å²) in [6.45, 7) is 0. The number of hydrogen-bond acceptors (Lipinski definition) is 2. The van der Waals surface area contributed by atoms with Crippen LogP contribution in [0, 0.1) is 11.6 Å². The molecule has 0 saturated heterocycles. The predicted octanol–water partition coefficient (Wildman–Crippen LogP) is 3.75. The lowest BCUT2D eigenvalue weighted by atomic mass is 10.1. The summed E-state index contributed by atoms with van der Waals surface area (Å²) in [6, 6.07) is 3.13. The van der Waals surface area contributed by atoms with Crippen LogP contribution in [-0.2, 0) is 6.18 Å². The van der Waals surface area contributed by atoms with Crippen LogP contribution in [0.15, 0.2) is 30.5 Å². The van der Waals surface area contributed by atoms with Gasteiger partial charge >= 0.3 is 6.18 Å². The van der Waals surface area contributed by atoms with Crippen LogP contribution in [0.2, 0.25) is 0 Å². The topological polar surface area (TPSA) is 33.1 Å². The van der Waals surface area contributed by atoms with E-state index in [1.165, 1.54) is 0 Å². The van der Waals surface area contributed by atoms with Crippen molar-refractivity contribution in [1.29, 1.82) is 0 Å². The zero-order chi connectivity index (χ0) is 14.2. The molecule has 0 fully saturated rings. The quantitative estimate of drug-likeness (QED) is 0.804. The summed E-state index contributed by atoms with van der Waals surface area (Å²) < 4.78 is 64.8.